The summed E-state index contributed by atoms with van der Waals surface area (Å²) in [6.45, 7) is 5.09. The predicted molar refractivity (Wildman–Crippen MR) is 143 cm³/mol. The molecule has 5 heteroatoms. The Morgan fingerprint density at radius 2 is 1.55 bits per heavy atom. The number of amides is 1. The minimum Gasteiger partial charge on any atom is -0.299 e. The van der Waals surface area contributed by atoms with Gasteiger partial charge in [-0.2, -0.15) is 5.10 Å². The largest absolute Gasteiger partial charge is 0.299 e. The van der Waals surface area contributed by atoms with Gasteiger partial charge in [-0.3, -0.25) is 9.69 Å². The van der Waals surface area contributed by atoms with Crippen LogP contribution < -0.4 is 5.43 Å². The van der Waals surface area contributed by atoms with Gasteiger partial charge in [-0.25, -0.2) is 5.43 Å². The van der Waals surface area contributed by atoms with E-state index in [2.05, 4.69) is 80.5 Å². The summed E-state index contributed by atoms with van der Waals surface area (Å²) in [5, 5.41) is 4.26. The van der Waals surface area contributed by atoms with Crippen LogP contribution in [-0.2, 0) is 13.0 Å². The smallest absolute Gasteiger partial charge is 0.271 e. The van der Waals surface area contributed by atoms with Crippen molar-refractivity contribution in [2.75, 3.05) is 13.1 Å². The number of nitrogens with zero attached hydrogens (tertiary/aromatic N) is 2. The first-order valence-electron chi connectivity index (χ1n) is 11.5. The van der Waals surface area contributed by atoms with Crippen molar-refractivity contribution in [2.45, 2.75) is 32.7 Å². The molecule has 3 aromatic carbocycles. The molecule has 0 radical (unpaired) electrons. The minimum absolute atomic E-state index is 0.187. The first kappa shape index (κ1) is 23.6. The Morgan fingerprint density at radius 1 is 0.909 bits per heavy atom. The molecule has 0 atom stereocenters. The molecule has 4 nitrogen and oxygen atoms in total. The standard InChI is InChI=1S/C28H30IN3O/c1-21(25-11-13-27(29)14-12-25)30-31-28(33)26-9-7-24(8-10-26)20-32-17-15-23(16-18-32)19-22-5-3-2-4-6-22/h2-14,23H,15-20H2,1H3,(H,31,33)/b30-21-. The first-order chi connectivity index (χ1) is 16.1. The molecule has 0 aromatic heterocycles. The lowest BCUT2D eigenvalue weighted by Gasteiger charge is -2.32. The normalized spacial score (nSPS) is 15.4. The van der Waals surface area contributed by atoms with E-state index in [0.29, 0.717) is 5.56 Å². The van der Waals surface area contributed by atoms with Crippen molar-refractivity contribution in [1.82, 2.24) is 10.3 Å². The highest BCUT2D eigenvalue weighted by Gasteiger charge is 2.19. The van der Waals surface area contributed by atoms with Gasteiger partial charge in [0.15, 0.2) is 0 Å². The van der Waals surface area contributed by atoms with E-state index in [1.807, 2.05) is 43.3 Å². The van der Waals surface area contributed by atoms with E-state index in [-0.39, 0.29) is 5.91 Å². The maximum Gasteiger partial charge on any atom is 0.271 e. The Kier molecular flexibility index (Phi) is 8.29. The van der Waals surface area contributed by atoms with Gasteiger partial charge in [-0.05, 0) is 109 Å². The monoisotopic (exact) mass is 551 g/mol. The van der Waals surface area contributed by atoms with Crippen LogP contribution in [0.25, 0.3) is 0 Å². The number of benzene rings is 3. The molecule has 0 unspecified atom stereocenters. The number of nitrogens with one attached hydrogen (secondary N) is 1. The molecule has 170 valence electrons. The van der Waals surface area contributed by atoms with Gasteiger partial charge < -0.3 is 0 Å². The van der Waals surface area contributed by atoms with Gasteiger partial charge in [0.05, 0.1) is 5.71 Å². The zero-order valence-corrected chi connectivity index (χ0v) is 21.2. The van der Waals surface area contributed by atoms with Crippen molar-refractivity contribution in [2.24, 2.45) is 11.0 Å². The lowest BCUT2D eigenvalue weighted by atomic mass is 9.90. The Hall–Kier alpha value is -2.51. The summed E-state index contributed by atoms with van der Waals surface area (Å²) in [5.74, 6) is 0.589. The number of carbonyl (C=O) groups is 1. The third kappa shape index (κ3) is 6.98. The molecule has 0 aliphatic carbocycles. The first-order valence-corrected chi connectivity index (χ1v) is 12.6. The predicted octanol–water partition coefficient (Wildman–Crippen LogP) is 5.90. The highest BCUT2D eigenvalue weighted by atomic mass is 127. The molecule has 0 bridgehead atoms. The Morgan fingerprint density at radius 3 is 2.21 bits per heavy atom. The number of likely N-dealkylation sites (tertiary alicyclic amines) is 1. The summed E-state index contributed by atoms with van der Waals surface area (Å²) >= 11 is 2.27. The zero-order chi connectivity index (χ0) is 23.0. The van der Waals surface area contributed by atoms with Crippen molar-refractivity contribution in [3.05, 3.63) is 105 Å². The van der Waals surface area contributed by atoms with Crippen molar-refractivity contribution in [1.29, 1.82) is 0 Å². The highest BCUT2D eigenvalue weighted by Crippen LogP contribution is 2.23. The average Bonchev–Trinajstić information content (AvgIpc) is 2.85. The molecule has 1 aliphatic heterocycles. The number of rotatable bonds is 7. The lowest BCUT2D eigenvalue weighted by Crippen LogP contribution is -2.33. The highest BCUT2D eigenvalue weighted by molar-refractivity contribution is 14.1. The van der Waals surface area contributed by atoms with Crippen LogP contribution in [0.15, 0.2) is 84.0 Å². The van der Waals surface area contributed by atoms with Crippen LogP contribution in [0, 0.1) is 9.49 Å². The maximum atomic E-state index is 12.5. The average molecular weight is 551 g/mol. The molecular formula is C28H30IN3O. The third-order valence-electron chi connectivity index (χ3n) is 6.28. The minimum atomic E-state index is -0.187. The van der Waals surface area contributed by atoms with E-state index in [4.69, 9.17) is 0 Å². The second kappa shape index (κ2) is 11.6. The molecule has 0 spiro atoms. The van der Waals surface area contributed by atoms with E-state index >= 15 is 0 Å². The number of halogens is 1. The summed E-state index contributed by atoms with van der Waals surface area (Å²) < 4.78 is 1.17. The van der Waals surface area contributed by atoms with Crippen LogP contribution in [-0.4, -0.2) is 29.6 Å². The van der Waals surface area contributed by atoms with Crippen LogP contribution in [0.3, 0.4) is 0 Å². The second-order valence-electron chi connectivity index (χ2n) is 8.75. The Balaban J connectivity index is 1.25. The molecule has 1 fully saturated rings. The van der Waals surface area contributed by atoms with Crippen LogP contribution >= 0.6 is 22.6 Å². The third-order valence-corrected chi connectivity index (χ3v) is 7.00. The van der Waals surface area contributed by atoms with E-state index in [1.54, 1.807) is 0 Å². The molecule has 1 N–H and O–H groups in total. The fourth-order valence-electron chi connectivity index (χ4n) is 4.27. The van der Waals surface area contributed by atoms with Gasteiger partial charge in [-0.15, -0.1) is 0 Å². The summed E-state index contributed by atoms with van der Waals surface area (Å²) in [4.78, 5) is 15.0. The molecule has 33 heavy (non-hydrogen) atoms. The summed E-state index contributed by atoms with van der Waals surface area (Å²) in [6, 6.07) is 26.8. The van der Waals surface area contributed by atoms with E-state index in [9.17, 15) is 4.79 Å². The summed E-state index contributed by atoms with van der Waals surface area (Å²) in [5.41, 5.74) is 7.77. The van der Waals surface area contributed by atoms with Gasteiger partial charge in [0.2, 0.25) is 0 Å². The zero-order valence-electron chi connectivity index (χ0n) is 19.0. The number of hydrogen-bond donors (Lipinski definition) is 1. The van der Waals surface area contributed by atoms with Gasteiger partial charge in [0.25, 0.3) is 5.91 Å². The lowest BCUT2D eigenvalue weighted by molar-refractivity contribution is 0.0955. The Bertz CT molecular complexity index is 1070. The molecule has 1 saturated heterocycles. The fraction of sp³-hybridized carbons (Fsp3) is 0.286. The molecular weight excluding hydrogens is 521 g/mol. The molecule has 1 amide bonds. The van der Waals surface area contributed by atoms with Gasteiger partial charge in [0, 0.05) is 15.7 Å². The van der Waals surface area contributed by atoms with Crippen LogP contribution in [0.2, 0.25) is 0 Å². The van der Waals surface area contributed by atoms with E-state index in [0.717, 1.165) is 36.8 Å². The number of hydrogen-bond acceptors (Lipinski definition) is 3. The van der Waals surface area contributed by atoms with E-state index in [1.165, 1.54) is 34.0 Å². The van der Waals surface area contributed by atoms with Crippen molar-refractivity contribution in [3.8, 4) is 0 Å². The van der Waals surface area contributed by atoms with Crippen LogP contribution in [0.4, 0.5) is 0 Å². The molecule has 1 heterocycles. The van der Waals surface area contributed by atoms with Gasteiger partial charge in [-0.1, -0.05) is 54.6 Å². The van der Waals surface area contributed by atoms with Crippen LogP contribution in [0.1, 0.15) is 46.8 Å². The molecule has 0 saturated carbocycles. The number of carbonyl (C=O) groups excluding carboxylic acids is 1. The molecule has 4 rings (SSSR count). The topological polar surface area (TPSA) is 44.7 Å². The van der Waals surface area contributed by atoms with Crippen molar-refractivity contribution in [3.63, 3.8) is 0 Å². The Labute approximate surface area is 210 Å². The summed E-state index contributed by atoms with van der Waals surface area (Å²) in [6.07, 6.45) is 3.67. The molecule has 1 aliphatic rings. The number of piperidine rings is 1. The SMILES string of the molecule is C/C(=N/NC(=O)c1ccc(CN2CCC(Cc3ccccc3)CC2)cc1)c1ccc(I)cc1. The van der Waals surface area contributed by atoms with Gasteiger partial charge >= 0.3 is 0 Å². The maximum absolute atomic E-state index is 12.5. The molecule has 3 aromatic rings. The van der Waals surface area contributed by atoms with Crippen molar-refractivity contribution < 1.29 is 4.79 Å². The summed E-state index contributed by atoms with van der Waals surface area (Å²) in [7, 11) is 0. The van der Waals surface area contributed by atoms with Gasteiger partial charge in [0.1, 0.15) is 0 Å². The second-order valence-corrected chi connectivity index (χ2v) is 10.00. The van der Waals surface area contributed by atoms with E-state index < -0.39 is 0 Å². The number of hydrazone groups is 1. The van der Waals surface area contributed by atoms with Crippen LogP contribution in [0.5, 0.6) is 0 Å². The van der Waals surface area contributed by atoms with Crippen molar-refractivity contribution >= 4 is 34.2 Å². The fourth-order valence-corrected chi connectivity index (χ4v) is 4.63. The quantitative estimate of drug-likeness (QED) is 0.226.